The number of aliphatic carboxylic acids is 2. The molecular formula is C28H52O4. The van der Waals surface area contributed by atoms with E-state index in [0.717, 1.165) is 38.5 Å². The predicted octanol–water partition coefficient (Wildman–Crippen LogP) is 8.62. The maximum absolute atomic E-state index is 12.5. The maximum atomic E-state index is 12.5. The van der Waals surface area contributed by atoms with Gasteiger partial charge in [-0.25, -0.2) is 0 Å². The molecule has 2 N–H and O–H groups in total. The van der Waals surface area contributed by atoms with Crippen LogP contribution in [-0.4, -0.2) is 22.2 Å². The standard InChI is InChI=1S/C28H52O4/c1-3-5-7-9-11-13-15-17-21-25-24(26(29)30)20-19-23-28(25,27(31)32)22-18-16-14-12-10-8-6-4-2/h24-25H,3-23H2,1-2H3,(H,29,30)(H,31,32). The molecule has 0 aromatic rings. The fourth-order valence-corrected chi connectivity index (χ4v) is 5.94. The third kappa shape index (κ3) is 10.3. The van der Waals surface area contributed by atoms with Crippen molar-refractivity contribution in [2.75, 3.05) is 0 Å². The van der Waals surface area contributed by atoms with Crippen LogP contribution >= 0.6 is 0 Å². The summed E-state index contributed by atoms with van der Waals surface area (Å²) in [5, 5.41) is 20.2. The van der Waals surface area contributed by atoms with Crippen molar-refractivity contribution in [3.05, 3.63) is 0 Å². The Balaban J connectivity index is 2.59. The zero-order chi connectivity index (χ0) is 23.7. The Kier molecular flexibility index (Phi) is 15.8. The minimum Gasteiger partial charge on any atom is -0.481 e. The molecule has 1 rings (SSSR count). The lowest BCUT2D eigenvalue weighted by atomic mass is 9.58. The summed E-state index contributed by atoms with van der Waals surface area (Å²) >= 11 is 0. The predicted molar refractivity (Wildman–Crippen MR) is 133 cm³/mol. The van der Waals surface area contributed by atoms with E-state index >= 15 is 0 Å². The number of carboxylic acids is 2. The second kappa shape index (κ2) is 17.4. The SMILES string of the molecule is CCCCCCCCCCC1C(C(=O)O)CCCC1(CCCCCCCCCC)C(=O)O. The average Bonchev–Trinajstić information content (AvgIpc) is 2.77. The third-order valence-corrected chi connectivity index (χ3v) is 7.92. The van der Waals surface area contributed by atoms with Crippen LogP contribution in [0.2, 0.25) is 0 Å². The van der Waals surface area contributed by atoms with Gasteiger partial charge >= 0.3 is 11.9 Å². The van der Waals surface area contributed by atoms with Gasteiger partial charge in [0, 0.05) is 0 Å². The largest absolute Gasteiger partial charge is 0.481 e. The minimum absolute atomic E-state index is 0.212. The summed E-state index contributed by atoms with van der Waals surface area (Å²) in [7, 11) is 0. The molecule has 188 valence electrons. The first-order chi connectivity index (χ1) is 15.5. The van der Waals surface area contributed by atoms with Gasteiger partial charge in [-0.15, -0.1) is 0 Å². The van der Waals surface area contributed by atoms with Crippen LogP contribution in [0.4, 0.5) is 0 Å². The second-order valence-electron chi connectivity index (χ2n) is 10.4. The summed E-state index contributed by atoms with van der Waals surface area (Å²) in [6.07, 6.45) is 22.6. The molecule has 0 aromatic heterocycles. The van der Waals surface area contributed by atoms with E-state index in [1.165, 1.54) is 77.0 Å². The zero-order valence-corrected chi connectivity index (χ0v) is 21.2. The lowest BCUT2D eigenvalue weighted by Crippen LogP contribution is -2.47. The van der Waals surface area contributed by atoms with Crippen molar-refractivity contribution in [3.8, 4) is 0 Å². The van der Waals surface area contributed by atoms with Gasteiger partial charge in [-0.1, -0.05) is 123 Å². The van der Waals surface area contributed by atoms with E-state index in [1.807, 2.05) is 0 Å². The Morgan fingerprint density at radius 1 is 0.719 bits per heavy atom. The molecule has 1 fully saturated rings. The molecule has 0 heterocycles. The van der Waals surface area contributed by atoms with Gasteiger partial charge in [0.2, 0.25) is 0 Å². The highest BCUT2D eigenvalue weighted by atomic mass is 16.4. The smallest absolute Gasteiger partial charge is 0.309 e. The molecule has 1 aliphatic rings. The lowest BCUT2D eigenvalue weighted by molar-refractivity contribution is -0.164. The molecular weight excluding hydrogens is 400 g/mol. The normalized spacial score (nSPS) is 23.3. The van der Waals surface area contributed by atoms with Crippen LogP contribution in [0.15, 0.2) is 0 Å². The highest BCUT2D eigenvalue weighted by molar-refractivity contribution is 5.78. The molecule has 1 aliphatic carbocycles. The topological polar surface area (TPSA) is 74.6 Å². The number of unbranched alkanes of at least 4 members (excludes halogenated alkanes) is 14. The van der Waals surface area contributed by atoms with Crippen molar-refractivity contribution in [2.45, 2.75) is 149 Å². The van der Waals surface area contributed by atoms with Crippen molar-refractivity contribution >= 4 is 11.9 Å². The van der Waals surface area contributed by atoms with E-state index in [4.69, 9.17) is 0 Å². The Morgan fingerprint density at radius 2 is 1.19 bits per heavy atom. The van der Waals surface area contributed by atoms with Gasteiger partial charge in [-0.05, 0) is 31.6 Å². The first-order valence-electron chi connectivity index (χ1n) is 14.0. The summed E-state index contributed by atoms with van der Waals surface area (Å²) < 4.78 is 0. The van der Waals surface area contributed by atoms with Crippen LogP contribution in [0.5, 0.6) is 0 Å². The van der Waals surface area contributed by atoms with Gasteiger partial charge in [-0.2, -0.15) is 0 Å². The van der Waals surface area contributed by atoms with E-state index in [9.17, 15) is 19.8 Å². The van der Waals surface area contributed by atoms with Gasteiger partial charge in [0.15, 0.2) is 0 Å². The third-order valence-electron chi connectivity index (χ3n) is 7.92. The monoisotopic (exact) mass is 452 g/mol. The van der Waals surface area contributed by atoms with Crippen molar-refractivity contribution in [1.29, 1.82) is 0 Å². The van der Waals surface area contributed by atoms with Crippen molar-refractivity contribution < 1.29 is 19.8 Å². The van der Waals surface area contributed by atoms with Gasteiger partial charge < -0.3 is 10.2 Å². The van der Waals surface area contributed by atoms with Crippen LogP contribution in [0.1, 0.15) is 149 Å². The quantitative estimate of drug-likeness (QED) is 0.181. The molecule has 3 unspecified atom stereocenters. The molecule has 3 atom stereocenters. The summed E-state index contributed by atoms with van der Waals surface area (Å²) in [5.41, 5.74) is -0.829. The van der Waals surface area contributed by atoms with Gasteiger partial charge in [-0.3, -0.25) is 9.59 Å². The highest BCUT2D eigenvalue weighted by Gasteiger charge is 2.52. The summed E-state index contributed by atoms with van der Waals surface area (Å²) in [4.78, 5) is 24.6. The maximum Gasteiger partial charge on any atom is 0.309 e. The zero-order valence-electron chi connectivity index (χ0n) is 21.2. The van der Waals surface area contributed by atoms with Gasteiger partial charge in [0.25, 0.3) is 0 Å². The molecule has 0 spiro atoms. The minimum atomic E-state index is -0.829. The molecule has 0 aliphatic heterocycles. The summed E-state index contributed by atoms with van der Waals surface area (Å²) in [6.45, 7) is 4.45. The van der Waals surface area contributed by atoms with Crippen LogP contribution in [0.3, 0.4) is 0 Å². The molecule has 4 nitrogen and oxygen atoms in total. The van der Waals surface area contributed by atoms with Crippen LogP contribution in [-0.2, 0) is 9.59 Å². The van der Waals surface area contributed by atoms with E-state index < -0.39 is 23.3 Å². The fourth-order valence-electron chi connectivity index (χ4n) is 5.94. The van der Waals surface area contributed by atoms with Crippen molar-refractivity contribution in [2.24, 2.45) is 17.3 Å². The summed E-state index contributed by atoms with van der Waals surface area (Å²) in [5.74, 6) is -2.22. The number of hydrogen-bond acceptors (Lipinski definition) is 2. The van der Waals surface area contributed by atoms with Crippen LogP contribution in [0.25, 0.3) is 0 Å². The molecule has 0 saturated heterocycles. The highest BCUT2D eigenvalue weighted by Crippen LogP contribution is 2.50. The first-order valence-corrected chi connectivity index (χ1v) is 14.0. The molecule has 1 saturated carbocycles. The molecule has 32 heavy (non-hydrogen) atoms. The van der Waals surface area contributed by atoms with E-state index in [2.05, 4.69) is 13.8 Å². The lowest BCUT2D eigenvalue weighted by Gasteiger charge is -2.44. The second-order valence-corrected chi connectivity index (χ2v) is 10.4. The number of hydrogen-bond donors (Lipinski definition) is 2. The fraction of sp³-hybridized carbons (Fsp3) is 0.929. The van der Waals surface area contributed by atoms with Gasteiger partial charge in [0.05, 0.1) is 11.3 Å². The van der Waals surface area contributed by atoms with Crippen molar-refractivity contribution in [3.63, 3.8) is 0 Å². The molecule has 4 heteroatoms. The molecule has 0 amide bonds. The molecule has 0 radical (unpaired) electrons. The van der Waals surface area contributed by atoms with Crippen LogP contribution < -0.4 is 0 Å². The average molecular weight is 453 g/mol. The Hall–Kier alpha value is -1.06. The Morgan fingerprint density at radius 3 is 1.66 bits per heavy atom. The van der Waals surface area contributed by atoms with E-state index in [-0.39, 0.29) is 5.92 Å². The summed E-state index contributed by atoms with van der Waals surface area (Å²) in [6, 6.07) is 0. The van der Waals surface area contributed by atoms with Crippen LogP contribution in [0, 0.1) is 17.3 Å². The van der Waals surface area contributed by atoms with E-state index in [1.54, 1.807) is 0 Å². The Labute approximate surface area is 197 Å². The molecule has 0 aromatic carbocycles. The Bertz CT molecular complexity index is 504. The van der Waals surface area contributed by atoms with Crippen molar-refractivity contribution in [1.82, 2.24) is 0 Å². The van der Waals surface area contributed by atoms with Gasteiger partial charge in [0.1, 0.15) is 0 Å². The first kappa shape index (κ1) is 29.0. The number of carbonyl (C=O) groups is 2. The van der Waals surface area contributed by atoms with E-state index in [0.29, 0.717) is 19.3 Å². The number of rotatable bonds is 20. The number of carboxylic acid groups (broad SMARTS) is 2. The molecule has 0 bridgehead atoms.